The summed E-state index contributed by atoms with van der Waals surface area (Å²) in [5, 5.41) is 4.27. The Labute approximate surface area is 174 Å². The summed E-state index contributed by atoms with van der Waals surface area (Å²) < 4.78 is 28.8. The molecular weight excluding hydrogens is 396 g/mol. The summed E-state index contributed by atoms with van der Waals surface area (Å²) >= 11 is 0. The SMILES string of the molecule is Cc1ccc(F)c2ccnc(N(C(=O)c3ccccc3F)C3CCCNC3)c12.Cl. The summed E-state index contributed by atoms with van der Waals surface area (Å²) in [6.07, 6.45) is 3.15. The number of halogens is 3. The van der Waals surface area contributed by atoms with E-state index < -0.39 is 11.7 Å². The minimum Gasteiger partial charge on any atom is -0.315 e. The molecule has 0 radical (unpaired) electrons. The van der Waals surface area contributed by atoms with E-state index in [0.717, 1.165) is 24.9 Å². The number of aryl methyl sites for hydroxylation is 1. The second-order valence-corrected chi connectivity index (χ2v) is 7.08. The summed E-state index contributed by atoms with van der Waals surface area (Å²) in [6.45, 7) is 3.30. The smallest absolute Gasteiger partial charge is 0.262 e. The van der Waals surface area contributed by atoms with Crippen LogP contribution in [0.25, 0.3) is 10.8 Å². The highest BCUT2D eigenvalue weighted by molar-refractivity contribution is 6.11. The van der Waals surface area contributed by atoms with Gasteiger partial charge in [-0.1, -0.05) is 18.2 Å². The number of benzene rings is 2. The van der Waals surface area contributed by atoms with Gasteiger partial charge >= 0.3 is 0 Å². The van der Waals surface area contributed by atoms with Gasteiger partial charge in [0.05, 0.1) is 11.6 Å². The normalized spacial score (nSPS) is 16.3. The summed E-state index contributed by atoms with van der Waals surface area (Å²) in [5.41, 5.74) is 0.801. The van der Waals surface area contributed by atoms with Crippen LogP contribution in [0, 0.1) is 18.6 Å². The van der Waals surface area contributed by atoms with Crippen LogP contribution in [0.3, 0.4) is 0 Å². The van der Waals surface area contributed by atoms with Crippen molar-refractivity contribution in [3.05, 3.63) is 71.4 Å². The molecule has 1 fully saturated rings. The quantitative estimate of drug-likeness (QED) is 0.675. The number of amides is 1. The zero-order valence-corrected chi connectivity index (χ0v) is 16.8. The number of fused-ring (bicyclic) bond motifs is 1. The van der Waals surface area contributed by atoms with Crippen LogP contribution in [-0.2, 0) is 0 Å². The first-order valence-corrected chi connectivity index (χ1v) is 9.40. The van der Waals surface area contributed by atoms with Gasteiger partial charge in [0.1, 0.15) is 17.5 Å². The zero-order valence-electron chi connectivity index (χ0n) is 16.0. The van der Waals surface area contributed by atoms with Gasteiger partial charge in [-0.25, -0.2) is 13.8 Å². The molecule has 7 heteroatoms. The summed E-state index contributed by atoms with van der Waals surface area (Å²) in [5.74, 6) is -1.04. The number of nitrogens with one attached hydrogen (secondary N) is 1. The molecule has 1 N–H and O–H groups in total. The average molecular weight is 418 g/mol. The van der Waals surface area contributed by atoms with Crippen LogP contribution in [0.15, 0.2) is 48.7 Å². The van der Waals surface area contributed by atoms with Crippen LogP contribution in [0.1, 0.15) is 28.8 Å². The molecule has 0 bridgehead atoms. The highest BCUT2D eigenvalue weighted by Crippen LogP contribution is 2.32. The standard InChI is InChI=1S/C22H21F2N3O.ClH/c1-14-8-9-19(24)16-10-12-26-21(20(14)16)27(15-5-4-11-25-13-15)22(28)17-6-2-3-7-18(17)23;/h2-3,6-10,12,15,25H,4-5,11,13H2,1H3;1H. The summed E-state index contributed by atoms with van der Waals surface area (Å²) in [6, 6.07) is 10.4. The Bertz CT molecular complexity index is 1040. The second-order valence-electron chi connectivity index (χ2n) is 7.08. The number of carbonyl (C=O) groups excluding carboxylic acids is 1. The monoisotopic (exact) mass is 417 g/mol. The van der Waals surface area contributed by atoms with Gasteiger partial charge in [-0.05, 0) is 56.1 Å². The Morgan fingerprint density at radius 1 is 1.14 bits per heavy atom. The Balaban J connectivity index is 0.00000240. The van der Waals surface area contributed by atoms with Crippen LogP contribution in [0.2, 0.25) is 0 Å². The molecule has 3 aromatic rings. The first kappa shape index (κ1) is 21.1. The van der Waals surface area contributed by atoms with E-state index in [-0.39, 0.29) is 29.8 Å². The van der Waals surface area contributed by atoms with E-state index >= 15 is 0 Å². The van der Waals surface area contributed by atoms with E-state index in [1.54, 1.807) is 29.2 Å². The van der Waals surface area contributed by atoms with E-state index in [0.29, 0.717) is 23.1 Å². The van der Waals surface area contributed by atoms with Gasteiger partial charge in [-0.15, -0.1) is 12.4 Å². The van der Waals surface area contributed by atoms with Crippen molar-refractivity contribution in [2.75, 3.05) is 18.0 Å². The van der Waals surface area contributed by atoms with Crippen molar-refractivity contribution < 1.29 is 13.6 Å². The predicted octanol–water partition coefficient (Wildman–Crippen LogP) is 4.64. The van der Waals surface area contributed by atoms with Crippen LogP contribution < -0.4 is 10.2 Å². The van der Waals surface area contributed by atoms with E-state index in [1.807, 2.05) is 6.92 Å². The highest BCUT2D eigenvalue weighted by atomic mass is 35.5. The molecule has 1 atom stereocenters. The Morgan fingerprint density at radius 3 is 2.66 bits per heavy atom. The van der Waals surface area contributed by atoms with Crippen LogP contribution in [0.5, 0.6) is 0 Å². The van der Waals surface area contributed by atoms with E-state index in [4.69, 9.17) is 0 Å². The molecule has 1 aliphatic heterocycles. The number of aromatic nitrogens is 1. The Hall–Kier alpha value is -2.57. The zero-order chi connectivity index (χ0) is 19.7. The Kier molecular flexibility index (Phi) is 6.45. The molecule has 1 aromatic heterocycles. The topological polar surface area (TPSA) is 45.2 Å². The molecule has 0 saturated carbocycles. The van der Waals surface area contributed by atoms with Crippen molar-refractivity contribution >= 4 is 34.9 Å². The number of pyridine rings is 1. The van der Waals surface area contributed by atoms with Gasteiger partial charge in [0.2, 0.25) is 0 Å². The molecule has 152 valence electrons. The lowest BCUT2D eigenvalue weighted by Gasteiger charge is -2.35. The summed E-state index contributed by atoms with van der Waals surface area (Å²) in [4.78, 5) is 19.4. The number of nitrogens with zero attached hydrogens (tertiary/aromatic N) is 2. The maximum absolute atomic E-state index is 14.4. The molecule has 1 saturated heterocycles. The largest absolute Gasteiger partial charge is 0.315 e. The third-order valence-electron chi connectivity index (χ3n) is 5.25. The van der Waals surface area contributed by atoms with Crippen molar-refractivity contribution in [1.29, 1.82) is 0 Å². The van der Waals surface area contributed by atoms with Crippen molar-refractivity contribution in [1.82, 2.24) is 10.3 Å². The minimum atomic E-state index is -0.579. The van der Waals surface area contributed by atoms with Crippen molar-refractivity contribution in [3.8, 4) is 0 Å². The minimum absolute atomic E-state index is 0. The Morgan fingerprint density at radius 2 is 1.93 bits per heavy atom. The third kappa shape index (κ3) is 3.95. The highest BCUT2D eigenvalue weighted by Gasteiger charge is 2.31. The number of hydrogen-bond donors (Lipinski definition) is 1. The van der Waals surface area contributed by atoms with E-state index in [1.165, 1.54) is 24.4 Å². The van der Waals surface area contributed by atoms with Gasteiger partial charge < -0.3 is 5.32 Å². The second kappa shape index (κ2) is 8.84. The van der Waals surface area contributed by atoms with Crippen LogP contribution in [0.4, 0.5) is 14.6 Å². The van der Waals surface area contributed by atoms with E-state index in [9.17, 15) is 13.6 Å². The molecule has 1 aliphatic rings. The predicted molar refractivity (Wildman–Crippen MR) is 113 cm³/mol. The molecule has 2 heterocycles. The van der Waals surface area contributed by atoms with E-state index in [2.05, 4.69) is 10.3 Å². The van der Waals surface area contributed by atoms with Gasteiger partial charge in [0, 0.05) is 23.5 Å². The fourth-order valence-corrected chi connectivity index (χ4v) is 3.85. The fourth-order valence-electron chi connectivity index (χ4n) is 3.85. The molecule has 0 spiro atoms. The van der Waals surface area contributed by atoms with Crippen LogP contribution >= 0.6 is 12.4 Å². The number of carbonyl (C=O) groups is 1. The van der Waals surface area contributed by atoms with Gasteiger partial charge in [-0.3, -0.25) is 9.69 Å². The number of anilines is 1. The molecule has 0 aliphatic carbocycles. The molecule has 29 heavy (non-hydrogen) atoms. The van der Waals surface area contributed by atoms with Crippen LogP contribution in [-0.4, -0.2) is 30.0 Å². The number of piperidine rings is 1. The first-order valence-electron chi connectivity index (χ1n) is 9.40. The maximum Gasteiger partial charge on any atom is 0.262 e. The molecule has 1 amide bonds. The maximum atomic E-state index is 14.4. The molecule has 4 rings (SSSR count). The molecule has 2 aromatic carbocycles. The lowest BCUT2D eigenvalue weighted by Crippen LogP contribution is -2.49. The first-order chi connectivity index (χ1) is 13.6. The lowest BCUT2D eigenvalue weighted by atomic mass is 10.0. The van der Waals surface area contributed by atoms with Crippen molar-refractivity contribution in [2.45, 2.75) is 25.8 Å². The lowest BCUT2D eigenvalue weighted by molar-refractivity contribution is 0.0968. The van der Waals surface area contributed by atoms with Gasteiger partial charge in [-0.2, -0.15) is 0 Å². The fraction of sp³-hybridized carbons (Fsp3) is 0.273. The molecule has 4 nitrogen and oxygen atoms in total. The van der Waals surface area contributed by atoms with Gasteiger partial charge in [0.25, 0.3) is 5.91 Å². The third-order valence-corrected chi connectivity index (χ3v) is 5.25. The number of rotatable bonds is 3. The molecule has 1 unspecified atom stereocenters. The molecular formula is C22H22ClF2N3O. The average Bonchev–Trinajstić information content (AvgIpc) is 2.72. The summed E-state index contributed by atoms with van der Waals surface area (Å²) in [7, 11) is 0. The number of hydrogen-bond acceptors (Lipinski definition) is 3. The van der Waals surface area contributed by atoms with Crippen molar-refractivity contribution in [3.63, 3.8) is 0 Å². The van der Waals surface area contributed by atoms with Gasteiger partial charge in [0.15, 0.2) is 0 Å². The van der Waals surface area contributed by atoms with Crippen molar-refractivity contribution in [2.24, 2.45) is 0 Å².